The molecule has 1 amide bonds. The predicted molar refractivity (Wildman–Crippen MR) is 104 cm³/mol. The summed E-state index contributed by atoms with van der Waals surface area (Å²) in [5.74, 6) is 0.0304. The molecule has 7 heteroatoms. The summed E-state index contributed by atoms with van der Waals surface area (Å²) < 4.78 is 15.4. The van der Waals surface area contributed by atoms with Gasteiger partial charge in [-0.15, -0.1) is 6.58 Å². The van der Waals surface area contributed by atoms with E-state index in [1.807, 2.05) is 0 Å². The monoisotopic (exact) mass is 389 g/mol. The summed E-state index contributed by atoms with van der Waals surface area (Å²) >= 11 is 6.14. The number of esters is 1. The topological polar surface area (TPSA) is 73.9 Å². The van der Waals surface area contributed by atoms with Crippen molar-refractivity contribution < 1.29 is 23.8 Å². The van der Waals surface area contributed by atoms with Crippen LogP contribution in [-0.4, -0.2) is 33.2 Å². The van der Waals surface area contributed by atoms with Crippen LogP contribution >= 0.6 is 11.6 Å². The number of carbonyl (C=O) groups is 2. The van der Waals surface area contributed by atoms with E-state index in [1.165, 1.54) is 39.5 Å². The van der Waals surface area contributed by atoms with Crippen LogP contribution in [0.25, 0.3) is 0 Å². The van der Waals surface area contributed by atoms with Crippen LogP contribution in [0.5, 0.6) is 11.5 Å². The van der Waals surface area contributed by atoms with Gasteiger partial charge in [-0.3, -0.25) is 4.79 Å². The lowest BCUT2D eigenvalue weighted by molar-refractivity contribution is 0.0600. The average molecular weight is 390 g/mol. The van der Waals surface area contributed by atoms with E-state index in [0.29, 0.717) is 34.2 Å². The van der Waals surface area contributed by atoms with E-state index in [1.54, 1.807) is 18.2 Å². The Morgan fingerprint density at radius 2 is 1.85 bits per heavy atom. The molecule has 0 bridgehead atoms. The number of benzene rings is 2. The van der Waals surface area contributed by atoms with Crippen molar-refractivity contribution in [2.75, 3.05) is 26.6 Å². The number of halogens is 1. The first kappa shape index (κ1) is 20.3. The Bertz CT molecular complexity index is 879. The molecule has 0 heterocycles. The standard InChI is InChI=1S/C20H20ClNO5/c1-5-6-12-9-14(11-17(25-2)18(12)26-3)19(23)22-16-10-13(20(24)27-4)7-8-15(16)21/h5,7-11H,1,6H2,2-4H3,(H,22,23). The fourth-order valence-corrected chi connectivity index (χ4v) is 2.71. The minimum absolute atomic E-state index is 0.275. The summed E-state index contributed by atoms with van der Waals surface area (Å²) in [6.07, 6.45) is 2.20. The molecular weight excluding hydrogens is 370 g/mol. The van der Waals surface area contributed by atoms with Crippen molar-refractivity contribution in [1.82, 2.24) is 0 Å². The highest BCUT2D eigenvalue weighted by molar-refractivity contribution is 6.34. The number of hydrogen-bond acceptors (Lipinski definition) is 5. The zero-order valence-electron chi connectivity index (χ0n) is 15.3. The molecule has 0 saturated carbocycles. The first-order chi connectivity index (χ1) is 12.9. The fraction of sp³-hybridized carbons (Fsp3) is 0.200. The number of amides is 1. The third-order valence-corrected chi connectivity index (χ3v) is 4.15. The number of rotatable bonds is 7. The number of carbonyl (C=O) groups excluding carboxylic acids is 2. The van der Waals surface area contributed by atoms with Crippen molar-refractivity contribution in [3.05, 3.63) is 64.7 Å². The predicted octanol–water partition coefficient (Wildman–Crippen LogP) is 4.12. The van der Waals surface area contributed by atoms with Crippen LogP contribution in [0.3, 0.4) is 0 Å². The molecular formula is C20H20ClNO5. The Kier molecular flexibility index (Phi) is 6.85. The molecule has 0 atom stereocenters. The van der Waals surface area contributed by atoms with E-state index in [9.17, 15) is 9.59 Å². The Balaban J connectivity index is 2.39. The summed E-state index contributed by atoms with van der Waals surface area (Å²) in [7, 11) is 4.30. The van der Waals surface area contributed by atoms with Gasteiger partial charge in [0, 0.05) is 11.1 Å². The summed E-state index contributed by atoms with van der Waals surface area (Å²) in [6.45, 7) is 3.72. The summed E-state index contributed by atoms with van der Waals surface area (Å²) in [6, 6.07) is 7.75. The number of hydrogen-bond donors (Lipinski definition) is 1. The van der Waals surface area contributed by atoms with Crippen molar-refractivity contribution in [2.24, 2.45) is 0 Å². The molecule has 6 nitrogen and oxygen atoms in total. The van der Waals surface area contributed by atoms with Gasteiger partial charge in [-0.05, 0) is 36.8 Å². The Hall–Kier alpha value is -2.99. The van der Waals surface area contributed by atoms with Gasteiger partial charge in [0.1, 0.15) is 0 Å². The molecule has 0 aliphatic carbocycles. The molecule has 2 aromatic rings. The van der Waals surface area contributed by atoms with Crippen LogP contribution in [0.4, 0.5) is 5.69 Å². The lowest BCUT2D eigenvalue weighted by Gasteiger charge is -2.15. The third-order valence-electron chi connectivity index (χ3n) is 3.82. The highest BCUT2D eigenvalue weighted by Crippen LogP contribution is 2.34. The van der Waals surface area contributed by atoms with Crippen LogP contribution in [-0.2, 0) is 11.2 Å². The van der Waals surface area contributed by atoms with Crippen LogP contribution in [0.2, 0.25) is 5.02 Å². The van der Waals surface area contributed by atoms with E-state index < -0.39 is 11.9 Å². The smallest absolute Gasteiger partial charge is 0.337 e. The highest BCUT2D eigenvalue weighted by Gasteiger charge is 2.17. The van der Waals surface area contributed by atoms with E-state index >= 15 is 0 Å². The van der Waals surface area contributed by atoms with Crippen molar-refractivity contribution in [1.29, 1.82) is 0 Å². The van der Waals surface area contributed by atoms with Crippen LogP contribution in [0.1, 0.15) is 26.3 Å². The van der Waals surface area contributed by atoms with Crippen LogP contribution in [0.15, 0.2) is 43.0 Å². The lowest BCUT2D eigenvalue weighted by atomic mass is 10.0. The zero-order valence-corrected chi connectivity index (χ0v) is 16.1. The minimum Gasteiger partial charge on any atom is -0.493 e. The van der Waals surface area contributed by atoms with E-state index in [4.69, 9.17) is 21.1 Å². The highest BCUT2D eigenvalue weighted by atomic mass is 35.5. The number of methoxy groups -OCH3 is 3. The van der Waals surface area contributed by atoms with Gasteiger partial charge < -0.3 is 19.5 Å². The molecule has 0 aliphatic heterocycles. The Morgan fingerprint density at radius 3 is 2.44 bits per heavy atom. The van der Waals surface area contributed by atoms with Gasteiger partial charge in [0.05, 0.1) is 37.6 Å². The quantitative estimate of drug-likeness (QED) is 0.569. The summed E-state index contributed by atoms with van der Waals surface area (Å²) in [5.41, 5.74) is 1.68. The van der Waals surface area contributed by atoms with Gasteiger partial charge in [0.15, 0.2) is 11.5 Å². The molecule has 1 N–H and O–H groups in total. The van der Waals surface area contributed by atoms with Gasteiger partial charge in [-0.1, -0.05) is 17.7 Å². The molecule has 0 fully saturated rings. The molecule has 2 aromatic carbocycles. The molecule has 142 valence electrons. The average Bonchev–Trinajstić information content (AvgIpc) is 2.68. The largest absolute Gasteiger partial charge is 0.493 e. The van der Waals surface area contributed by atoms with Crippen LogP contribution < -0.4 is 14.8 Å². The molecule has 0 spiro atoms. The van der Waals surface area contributed by atoms with Gasteiger partial charge in [-0.25, -0.2) is 4.79 Å². The molecule has 27 heavy (non-hydrogen) atoms. The van der Waals surface area contributed by atoms with Gasteiger partial charge in [0.25, 0.3) is 5.91 Å². The summed E-state index contributed by atoms with van der Waals surface area (Å²) in [5, 5.41) is 3.00. The zero-order chi connectivity index (χ0) is 20.0. The minimum atomic E-state index is -0.526. The maximum atomic E-state index is 12.7. The number of nitrogens with one attached hydrogen (secondary N) is 1. The third kappa shape index (κ3) is 4.60. The number of anilines is 1. The molecule has 0 aliphatic rings. The molecule has 0 unspecified atom stereocenters. The van der Waals surface area contributed by atoms with Gasteiger partial charge >= 0.3 is 5.97 Å². The second-order valence-electron chi connectivity index (χ2n) is 5.50. The van der Waals surface area contributed by atoms with Crippen molar-refractivity contribution in [3.63, 3.8) is 0 Å². The second kappa shape index (κ2) is 9.09. The molecule has 0 radical (unpaired) electrons. The van der Waals surface area contributed by atoms with Crippen LogP contribution in [0, 0.1) is 0 Å². The second-order valence-corrected chi connectivity index (χ2v) is 5.91. The number of ether oxygens (including phenoxy) is 3. The van der Waals surface area contributed by atoms with E-state index in [-0.39, 0.29) is 5.56 Å². The van der Waals surface area contributed by atoms with Gasteiger partial charge in [-0.2, -0.15) is 0 Å². The molecule has 0 aromatic heterocycles. The first-order valence-electron chi connectivity index (χ1n) is 8.00. The Labute approximate surface area is 162 Å². The maximum absolute atomic E-state index is 12.7. The Morgan fingerprint density at radius 1 is 1.11 bits per heavy atom. The maximum Gasteiger partial charge on any atom is 0.337 e. The van der Waals surface area contributed by atoms with Crippen molar-refractivity contribution in [2.45, 2.75) is 6.42 Å². The SMILES string of the molecule is C=CCc1cc(C(=O)Nc2cc(C(=O)OC)ccc2Cl)cc(OC)c1OC. The normalized spacial score (nSPS) is 10.1. The van der Waals surface area contributed by atoms with Crippen molar-refractivity contribution >= 4 is 29.2 Å². The van der Waals surface area contributed by atoms with E-state index in [2.05, 4.69) is 16.6 Å². The first-order valence-corrected chi connectivity index (χ1v) is 8.38. The fourth-order valence-electron chi connectivity index (χ4n) is 2.54. The molecule has 2 rings (SSSR count). The van der Waals surface area contributed by atoms with E-state index in [0.717, 1.165) is 5.56 Å². The lowest BCUT2D eigenvalue weighted by Crippen LogP contribution is -2.14. The van der Waals surface area contributed by atoms with Gasteiger partial charge in [0.2, 0.25) is 0 Å². The number of allylic oxidation sites excluding steroid dienone is 1. The molecule has 0 saturated heterocycles. The summed E-state index contributed by atoms with van der Waals surface area (Å²) in [4.78, 5) is 24.4. The van der Waals surface area contributed by atoms with Crippen molar-refractivity contribution in [3.8, 4) is 11.5 Å².